The number of rotatable bonds is 4. The van der Waals surface area contributed by atoms with Crippen LogP contribution >= 0.6 is 0 Å². The van der Waals surface area contributed by atoms with Gasteiger partial charge in [-0.15, -0.1) is 0 Å². The molecule has 0 radical (unpaired) electrons. The fraction of sp³-hybridized carbons (Fsp3) is 0.550. The number of hydrogen-bond acceptors (Lipinski definition) is 4. The Labute approximate surface area is 164 Å². The van der Waals surface area contributed by atoms with Crippen LogP contribution in [0.5, 0.6) is 0 Å². The second kappa shape index (κ2) is 9.51. The summed E-state index contributed by atoms with van der Waals surface area (Å²) < 4.78 is 19.6. The molecule has 0 aromatic heterocycles. The van der Waals surface area contributed by atoms with Crippen LogP contribution in [-0.4, -0.2) is 67.1 Å². The summed E-state index contributed by atoms with van der Waals surface area (Å²) in [6, 6.07) is 6.35. The fourth-order valence-corrected chi connectivity index (χ4v) is 3.45. The number of amides is 1. The Bertz CT molecular complexity index is 762. The summed E-state index contributed by atoms with van der Waals surface area (Å²) >= 11 is 0. The first-order valence-electron chi connectivity index (χ1n) is 9.74. The second-order valence-corrected chi connectivity index (χ2v) is 6.90. The Morgan fingerprint density at radius 1 is 1.36 bits per heavy atom. The van der Waals surface area contributed by atoms with Gasteiger partial charge in [-0.2, -0.15) is 5.26 Å². The van der Waals surface area contributed by atoms with Crippen LogP contribution < -0.4 is 5.32 Å². The van der Waals surface area contributed by atoms with E-state index >= 15 is 0 Å². The van der Waals surface area contributed by atoms with Gasteiger partial charge in [-0.3, -0.25) is 4.79 Å². The maximum atomic E-state index is 14.1. The lowest BCUT2D eigenvalue weighted by atomic mass is 10.1. The third-order valence-corrected chi connectivity index (χ3v) is 5.01. The molecule has 0 saturated carbocycles. The number of nitriles is 1. The van der Waals surface area contributed by atoms with Gasteiger partial charge >= 0.3 is 0 Å². The number of piperazine rings is 1. The molecule has 1 aromatic rings. The molecule has 2 aliphatic heterocycles. The molecule has 2 aliphatic rings. The van der Waals surface area contributed by atoms with Gasteiger partial charge in [-0.25, -0.2) is 9.38 Å². The Kier molecular flexibility index (Phi) is 6.82. The lowest BCUT2D eigenvalue weighted by Crippen LogP contribution is -2.55. The van der Waals surface area contributed by atoms with Crippen LogP contribution in [0.1, 0.15) is 30.9 Å². The standard InChI is InChI=1S/C20H26FN5O2/c1-2-23-20(24-14-16-6-5-15(13-22)12-17(16)21)26-9-7-25(8-10-26)19(27)18-4-3-11-28-18/h5-6,12,18H,2-4,7-11,14H2,1H3,(H,23,24). The topological polar surface area (TPSA) is 81.0 Å². The molecule has 7 nitrogen and oxygen atoms in total. The first-order valence-corrected chi connectivity index (χ1v) is 9.74. The van der Waals surface area contributed by atoms with E-state index in [0.717, 1.165) is 12.8 Å². The van der Waals surface area contributed by atoms with Crippen LogP contribution in [0, 0.1) is 17.1 Å². The van der Waals surface area contributed by atoms with Gasteiger partial charge in [-0.05, 0) is 31.9 Å². The summed E-state index contributed by atoms with van der Waals surface area (Å²) in [5.74, 6) is 0.361. The number of hydrogen-bond donors (Lipinski definition) is 1. The molecule has 2 saturated heterocycles. The van der Waals surface area contributed by atoms with E-state index in [4.69, 9.17) is 10.00 Å². The van der Waals surface area contributed by atoms with Crippen LogP contribution in [-0.2, 0) is 16.1 Å². The highest BCUT2D eigenvalue weighted by atomic mass is 19.1. The average Bonchev–Trinajstić information content (AvgIpc) is 3.26. The van der Waals surface area contributed by atoms with E-state index in [2.05, 4.69) is 15.2 Å². The van der Waals surface area contributed by atoms with Crippen molar-refractivity contribution >= 4 is 11.9 Å². The SMILES string of the molecule is CCNC(=NCc1ccc(C#N)cc1F)N1CCN(C(=O)C2CCCO2)CC1. The Hall–Kier alpha value is -2.66. The van der Waals surface area contributed by atoms with Gasteiger partial charge in [-0.1, -0.05) is 6.07 Å². The van der Waals surface area contributed by atoms with E-state index in [1.54, 1.807) is 12.1 Å². The predicted octanol–water partition coefficient (Wildman–Crippen LogP) is 1.49. The first-order chi connectivity index (χ1) is 13.6. The van der Waals surface area contributed by atoms with Gasteiger partial charge in [0.2, 0.25) is 0 Å². The Balaban J connectivity index is 1.60. The van der Waals surface area contributed by atoms with E-state index in [-0.39, 0.29) is 18.6 Å². The van der Waals surface area contributed by atoms with E-state index < -0.39 is 5.82 Å². The lowest BCUT2D eigenvalue weighted by Gasteiger charge is -2.37. The minimum absolute atomic E-state index is 0.0822. The molecule has 0 spiro atoms. The molecule has 1 amide bonds. The summed E-state index contributed by atoms with van der Waals surface area (Å²) in [6.45, 7) is 6.11. The van der Waals surface area contributed by atoms with Gasteiger partial charge in [0, 0.05) is 44.9 Å². The largest absolute Gasteiger partial charge is 0.368 e. The van der Waals surface area contributed by atoms with Crippen LogP contribution in [0.25, 0.3) is 0 Å². The van der Waals surface area contributed by atoms with Gasteiger partial charge in [0.1, 0.15) is 11.9 Å². The summed E-state index contributed by atoms with van der Waals surface area (Å²) in [5, 5.41) is 12.1. The molecule has 2 fully saturated rings. The normalized spacial score (nSPS) is 20.2. The van der Waals surface area contributed by atoms with Gasteiger partial charge < -0.3 is 19.9 Å². The number of ether oxygens (including phenoxy) is 1. The summed E-state index contributed by atoms with van der Waals surface area (Å²) in [7, 11) is 0. The molecular weight excluding hydrogens is 361 g/mol. The molecular formula is C20H26FN5O2. The zero-order chi connectivity index (χ0) is 19.9. The zero-order valence-corrected chi connectivity index (χ0v) is 16.2. The Morgan fingerprint density at radius 3 is 2.71 bits per heavy atom. The number of aliphatic imine (C=N–C) groups is 1. The van der Waals surface area contributed by atoms with Crippen molar-refractivity contribution in [3.63, 3.8) is 0 Å². The van der Waals surface area contributed by atoms with Crippen molar-refractivity contribution in [2.24, 2.45) is 4.99 Å². The monoisotopic (exact) mass is 387 g/mol. The molecule has 1 N–H and O–H groups in total. The van der Waals surface area contributed by atoms with Crippen molar-refractivity contribution in [3.05, 3.63) is 35.1 Å². The third-order valence-electron chi connectivity index (χ3n) is 5.01. The molecule has 0 aliphatic carbocycles. The maximum absolute atomic E-state index is 14.1. The van der Waals surface area contributed by atoms with E-state index in [9.17, 15) is 9.18 Å². The summed E-state index contributed by atoms with van der Waals surface area (Å²) in [4.78, 5) is 21.0. The maximum Gasteiger partial charge on any atom is 0.251 e. The highest BCUT2D eigenvalue weighted by Crippen LogP contribution is 2.16. The number of benzene rings is 1. The number of halogens is 1. The summed E-state index contributed by atoms with van der Waals surface area (Å²) in [5.41, 5.74) is 0.741. The highest BCUT2D eigenvalue weighted by molar-refractivity contribution is 5.82. The third kappa shape index (κ3) is 4.78. The minimum atomic E-state index is -0.425. The molecule has 3 rings (SSSR count). The number of nitrogens with zero attached hydrogens (tertiary/aromatic N) is 4. The van der Waals surface area contributed by atoms with Gasteiger partial charge in [0.15, 0.2) is 5.96 Å². The quantitative estimate of drug-likeness (QED) is 0.625. The fourth-order valence-electron chi connectivity index (χ4n) is 3.45. The number of carbonyl (C=O) groups is 1. The van der Waals surface area contributed by atoms with Crippen molar-refractivity contribution in [2.45, 2.75) is 32.4 Å². The first kappa shape index (κ1) is 20.1. The molecule has 1 unspecified atom stereocenters. The van der Waals surface area contributed by atoms with Crippen molar-refractivity contribution in [2.75, 3.05) is 39.3 Å². The van der Waals surface area contributed by atoms with Gasteiger partial charge in [0.25, 0.3) is 5.91 Å². The van der Waals surface area contributed by atoms with Crippen LogP contribution in [0.4, 0.5) is 4.39 Å². The molecule has 1 atom stereocenters. The van der Waals surface area contributed by atoms with Crippen molar-refractivity contribution in [1.82, 2.24) is 15.1 Å². The van der Waals surface area contributed by atoms with E-state index in [1.165, 1.54) is 6.07 Å². The highest BCUT2D eigenvalue weighted by Gasteiger charge is 2.30. The molecule has 0 bridgehead atoms. The van der Waals surface area contributed by atoms with Crippen molar-refractivity contribution < 1.29 is 13.9 Å². The van der Waals surface area contributed by atoms with Crippen molar-refractivity contribution in [1.29, 1.82) is 5.26 Å². The van der Waals surface area contributed by atoms with E-state index in [0.29, 0.717) is 56.4 Å². The molecule has 150 valence electrons. The molecule has 2 heterocycles. The molecule has 8 heteroatoms. The number of nitrogens with one attached hydrogen (secondary N) is 1. The van der Waals surface area contributed by atoms with Crippen LogP contribution in [0.15, 0.2) is 23.2 Å². The van der Waals surface area contributed by atoms with Crippen LogP contribution in [0.3, 0.4) is 0 Å². The van der Waals surface area contributed by atoms with E-state index in [1.807, 2.05) is 17.9 Å². The lowest BCUT2D eigenvalue weighted by molar-refractivity contribution is -0.142. The summed E-state index contributed by atoms with van der Waals surface area (Å²) in [6.07, 6.45) is 1.46. The Morgan fingerprint density at radius 2 is 2.11 bits per heavy atom. The average molecular weight is 387 g/mol. The van der Waals surface area contributed by atoms with Crippen LogP contribution in [0.2, 0.25) is 0 Å². The van der Waals surface area contributed by atoms with Gasteiger partial charge in [0.05, 0.1) is 18.2 Å². The minimum Gasteiger partial charge on any atom is -0.368 e. The smallest absolute Gasteiger partial charge is 0.251 e. The molecule has 1 aromatic carbocycles. The number of carbonyl (C=O) groups excluding carboxylic acids is 1. The second-order valence-electron chi connectivity index (χ2n) is 6.90. The van der Waals surface area contributed by atoms with Crippen molar-refractivity contribution in [3.8, 4) is 6.07 Å². The number of guanidine groups is 1. The zero-order valence-electron chi connectivity index (χ0n) is 16.2. The molecule has 28 heavy (non-hydrogen) atoms. The predicted molar refractivity (Wildman–Crippen MR) is 103 cm³/mol.